The van der Waals surface area contributed by atoms with E-state index >= 15 is 0 Å². The number of aromatic amines is 1. The first kappa shape index (κ1) is 13.4. The number of nitrogens with one attached hydrogen (secondary N) is 2. The van der Waals surface area contributed by atoms with Gasteiger partial charge in [0.25, 0.3) is 0 Å². The molecule has 0 saturated heterocycles. The van der Waals surface area contributed by atoms with Crippen molar-refractivity contribution >= 4 is 16.8 Å². The monoisotopic (exact) mass is 283 g/mol. The molecule has 0 aliphatic carbocycles. The second kappa shape index (κ2) is 5.83. The topological polar surface area (TPSA) is 70.9 Å². The van der Waals surface area contributed by atoms with Gasteiger partial charge in [-0.05, 0) is 25.0 Å². The van der Waals surface area contributed by atoms with Crippen LogP contribution in [0.3, 0.4) is 0 Å². The molecule has 0 bridgehead atoms. The van der Waals surface area contributed by atoms with Crippen LogP contribution in [0, 0.1) is 6.92 Å². The van der Waals surface area contributed by atoms with Crippen LogP contribution in [0.25, 0.3) is 10.9 Å². The maximum absolute atomic E-state index is 11.9. The summed E-state index contributed by atoms with van der Waals surface area (Å²) < 4.78 is 5.05. The largest absolute Gasteiger partial charge is 0.361 e. The molecule has 0 aliphatic heterocycles. The Bertz CT molecular complexity index is 758. The average Bonchev–Trinajstić information content (AvgIpc) is 3.09. The van der Waals surface area contributed by atoms with Gasteiger partial charge < -0.3 is 14.8 Å². The second-order valence-electron chi connectivity index (χ2n) is 5.07. The van der Waals surface area contributed by atoms with Crippen LogP contribution in [-0.4, -0.2) is 16.0 Å². The lowest BCUT2D eigenvalue weighted by molar-refractivity contribution is -0.121. The SMILES string of the molecule is Cc1cc(CNC(=O)CCc2c[nH]c3ccccc23)on1. The van der Waals surface area contributed by atoms with Gasteiger partial charge in [-0.3, -0.25) is 4.79 Å². The fraction of sp³-hybridized carbons (Fsp3) is 0.250. The smallest absolute Gasteiger partial charge is 0.220 e. The molecule has 2 N–H and O–H groups in total. The molecule has 3 aromatic rings. The normalized spacial score (nSPS) is 10.9. The van der Waals surface area contributed by atoms with E-state index in [9.17, 15) is 4.79 Å². The van der Waals surface area contributed by atoms with Crippen LogP contribution in [0.1, 0.15) is 23.4 Å². The van der Waals surface area contributed by atoms with Gasteiger partial charge in [0, 0.05) is 29.6 Å². The zero-order valence-corrected chi connectivity index (χ0v) is 11.8. The predicted molar refractivity (Wildman–Crippen MR) is 79.7 cm³/mol. The van der Waals surface area contributed by atoms with Gasteiger partial charge in [-0.1, -0.05) is 23.4 Å². The van der Waals surface area contributed by atoms with Crippen LogP contribution in [0.2, 0.25) is 0 Å². The molecule has 3 rings (SSSR count). The van der Waals surface area contributed by atoms with Gasteiger partial charge in [-0.15, -0.1) is 0 Å². The lowest BCUT2D eigenvalue weighted by Gasteiger charge is -2.02. The number of aromatic nitrogens is 2. The fourth-order valence-corrected chi connectivity index (χ4v) is 2.36. The number of amides is 1. The van der Waals surface area contributed by atoms with Gasteiger partial charge in [0.15, 0.2) is 5.76 Å². The minimum Gasteiger partial charge on any atom is -0.361 e. The molecular weight excluding hydrogens is 266 g/mol. The summed E-state index contributed by atoms with van der Waals surface area (Å²) in [6.07, 6.45) is 3.14. The number of aryl methyl sites for hydroxylation is 2. The van der Waals surface area contributed by atoms with Gasteiger partial charge >= 0.3 is 0 Å². The molecule has 108 valence electrons. The van der Waals surface area contributed by atoms with E-state index in [1.807, 2.05) is 37.4 Å². The van der Waals surface area contributed by atoms with E-state index in [0.29, 0.717) is 25.1 Å². The lowest BCUT2D eigenvalue weighted by Crippen LogP contribution is -2.22. The van der Waals surface area contributed by atoms with E-state index < -0.39 is 0 Å². The van der Waals surface area contributed by atoms with Crippen molar-refractivity contribution in [2.45, 2.75) is 26.3 Å². The second-order valence-corrected chi connectivity index (χ2v) is 5.07. The van der Waals surface area contributed by atoms with E-state index in [2.05, 4.69) is 21.5 Å². The number of carbonyl (C=O) groups is 1. The molecule has 0 saturated carbocycles. The third-order valence-electron chi connectivity index (χ3n) is 3.43. The first-order valence-corrected chi connectivity index (χ1v) is 6.96. The molecule has 0 atom stereocenters. The van der Waals surface area contributed by atoms with Gasteiger partial charge in [0.2, 0.25) is 5.91 Å². The van der Waals surface area contributed by atoms with Gasteiger partial charge in [0.05, 0.1) is 12.2 Å². The first-order valence-electron chi connectivity index (χ1n) is 6.96. The summed E-state index contributed by atoms with van der Waals surface area (Å²) in [5.74, 6) is 0.683. The Labute approximate surface area is 122 Å². The van der Waals surface area contributed by atoms with E-state index in [4.69, 9.17) is 4.52 Å². The number of nitrogens with zero attached hydrogens (tertiary/aromatic N) is 1. The molecule has 21 heavy (non-hydrogen) atoms. The van der Waals surface area contributed by atoms with Crippen LogP contribution >= 0.6 is 0 Å². The van der Waals surface area contributed by atoms with Gasteiger partial charge in [-0.2, -0.15) is 0 Å². The van der Waals surface area contributed by atoms with Crippen LogP contribution < -0.4 is 5.32 Å². The predicted octanol–water partition coefficient (Wildman–Crippen LogP) is 2.71. The fourth-order valence-electron chi connectivity index (χ4n) is 2.36. The lowest BCUT2D eigenvalue weighted by atomic mass is 10.1. The first-order chi connectivity index (χ1) is 10.2. The summed E-state index contributed by atoms with van der Waals surface area (Å²) in [4.78, 5) is 15.1. The summed E-state index contributed by atoms with van der Waals surface area (Å²) >= 11 is 0. The number of fused-ring (bicyclic) bond motifs is 1. The average molecular weight is 283 g/mol. The highest BCUT2D eigenvalue weighted by Crippen LogP contribution is 2.18. The van der Waals surface area contributed by atoms with Crippen molar-refractivity contribution in [3.05, 3.63) is 53.5 Å². The number of rotatable bonds is 5. The molecule has 0 fully saturated rings. The maximum atomic E-state index is 11.9. The summed E-state index contributed by atoms with van der Waals surface area (Å²) in [7, 11) is 0. The molecule has 5 nitrogen and oxygen atoms in total. The molecule has 1 amide bonds. The molecule has 0 radical (unpaired) electrons. The summed E-state index contributed by atoms with van der Waals surface area (Å²) in [5.41, 5.74) is 3.08. The molecular formula is C16H17N3O2. The van der Waals surface area contributed by atoms with Gasteiger partial charge in [-0.25, -0.2) is 0 Å². The van der Waals surface area contributed by atoms with Crippen molar-refractivity contribution in [1.82, 2.24) is 15.5 Å². The van der Waals surface area contributed by atoms with E-state index in [-0.39, 0.29) is 5.91 Å². The number of hydrogen-bond donors (Lipinski definition) is 2. The molecule has 2 aromatic heterocycles. The number of carbonyl (C=O) groups excluding carboxylic acids is 1. The molecule has 2 heterocycles. The molecule has 0 unspecified atom stereocenters. The highest BCUT2D eigenvalue weighted by Gasteiger charge is 2.07. The maximum Gasteiger partial charge on any atom is 0.220 e. The van der Waals surface area contributed by atoms with Crippen LogP contribution in [-0.2, 0) is 17.8 Å². The minimum absolute atomic E-state index is 0.00864. The van der Waals surface area contributed by atoms with Crippen LogP contribution in [0.5, 0.6) is 0 Å². The summed E-state index contributed by atoms with van der Waals surface area (Å²) in [5, 5.41) is 7.80. The van der Waals surface area contributed by atoms with E-state index in [0.717, 1.165) is 16.8 Å². The minimum atomic E-state index is 0.00864. The van der Waals surface area contributed by atoms with Crippen LogP contribution in [0.4, 0.5) is 0 Å². The zero-order valence-electron chi connectivity index (χ0n) is 11.8. The Kier molecular flexibility index (Phi) is 3.73. The number of H-pyrrole nitrogens is 1. The molecule has 1 aromatic carbocycles. The highest BCUT2D eigenvalue weighted by atomic mass is 16.5. The zero-order chi connectivity index (χ0) is 14.7. The standard InChI is InChI=1S/C16H17N3O2/c1-11-8-13(21-19-11)10-18-16(20)7-6-12-9-17-15-5-3-2-4-14(12)15/h2-5,8-9,17H,6-7,10H2,1H3,(H,18,20). The Balaban J connectivity index is 1.54. The quantitative estimate of drug-likeness (QED) is 0.756. The third-order valence-corrected chi connectivity index (χ3v) is 3.43. The third kappa shape index (κ3) is 3.13. The van der Waals surface area contributed by atoms with E-state index in [1.54, 1.807) is 0 Å². The van der Waals surface area contributed by atoms with E-state index in [1.165, 1.54) is 5.39 Å². The Hall–Kier alpha value is -2.56. The van der Waals surface area contributed by atoms with Crippen molar-refractivity contribution in [1.29, 1.82) is 0 Å². The van der Waals surface area contributed by atoms with Crippen molar-refractivity contribution in [2.24, 2.45) is 0 Å². The molecule has 0 spiro atoms. The summed E-state index contributed by atoms with van der Waals surface area (Å²) in [6.45, 7) is 2.24. The van der Waals surface area contributed by atoms with Crippen molar-refractivity contribution in [3.63, 3.8) is 0 Å². The van der Waals surface area contributed by atoms with Gasteiger partial charge in [0.1, 0.15) is 0 Å². The van der Waals surface area contributed by atoms with Crippen molar-refractivity contribution in [2.75, 3.05) is 0 Å². The number of hydrogen-bond acceptors (Lipinski definition) is 3. The number of para-hydroxylation sites is 1. The highest BCUT2D eigenvalue weighted by molar-refractivity contribution is 5.84. The number of benzene rings is 1. The van der Waals surface area contributed by atoms with Crippen molar-refractivity contribution in [3.8, 4) is 0 Å². The Morgan fingerprint density at radius 2 is 2.24 bits per heavy atom. The summed E-state index contributed by atoms with van der Waals surface area (Å²) in [6, 6.07) is 9.92. The van der Waals surface area contributed by atoms with Crippen LogP contribution in [0.15, 0.2) is 41.1 Å². The van der Waals surface area contributed by atoms with Crippen molar-refractivity contribution < 1.29 is 9.32 Å². The molecule has 0 aliphatic rings. The Morgan fingerprint density at radius 3 is 3.05 bits per heavy atom. The molecule has 5 heteroatoms. The Morgan fingerprint density at radius 1 is 1.38 bits per heavy atom.